The molecule has 48 heavy (non-hydrogen) atoms. The second kappa shape index (κ2) is 15.2. The molecule has 6 aromatic rings. The van der Waals surface area contributed by atoms with Crippen molar-refractivity contribution in [3.8, 4) is 16.1 Å². The Kier molecular flexibility index (Phi) is 10.8. The second-order valence-corrected chi connectivity index (χ2v) is 11.6. The fourth-order valence-electron chi connectivity index (χ4n) is 5.34. The van der Waals surface area contributed by atoms with Crippen LogP contribution in [0.2, 0.25) is 0 Å². The van der Waals surface area contributed by atoms with E-state index in [2.05, 4.69) is 21.0 Å². The predicted octanol–water partition coefficient (Wildman–Crippen LogP) is 6.60. The minimum absolute atomic E-state index is 0. The molecule has 0 aliphatic heterocycles. The standard InChI is InChI=1S/C35H29F2N5O4S.ClH/c1-46-40-34(44)39-24-17-15-23(16-18-24)31-26(20-38-19-22-9-4-2-5-10-22)30-32(43)42(25-11-6-3-7-12-25)35(45)41(33(30)47-31)21-27-28(36)13-8-14-29(27)37;/h2-18,38H,19-21H2,1H3,(H2,39,40,44);1H. The van der Waals surface area contributed by atoms with Crippen molar-refractivity contribution < 1.29 is 18.4 Å². The third-order valence-electron chi connectivity index (χ3n) is 7.54. The van der Waals surface area contributed by atoms with Gasteiger partial charge in [-0.25, -0.2) is 28.4 Å². The Morgan fingerprint density at radius 2 is 1.46 bits per heavy atom. The highest BCUT2D eigenvalue weighted by Gasteiger charge is 2.25. The van der Waals surface area contributed by atoms with E-state index in [0.29, 0.717) is 33.9 Å². The van der Waals surface area contributed by atoms with Crippen LogP contribution in [-0.4, -0.2) is 22.3 Å². The van der Waals surface area contributed by atoms with Gasteiger partial charge in [0.15, 0.2) is 0 Å². The van der Waals surface area contributed by atoms with Gasteiger partial charge in [0.05, 0.1) is 24.7 Å². The highest BCUT2D eigenvalue weighted by Crippen LogP contribution is 2.38. The smallest absolute Gasteiger partial charge is 0.309 e. The number of urea groups is 1. The average molecular weight is 690 g/mol. The zero-order valence-corrected chi connectivity index (χ0v) is 27.2. The molecule has 0 atom stereocenters. The fraction of sp³-hybridized carbons (Fsp3) is 0.114. The quantitative estimate of drug-likeness (QED) is 0.141. The Bertz CT molecular complexity index is 2150. The van der Waals surface area contributed by atoms with Crippen molar-refractivity contribution in [3.63, 3.8) is 0 Å². The summed E-state index contributed by atoms with van der Waals surface area (Å²) in [7, 11) is 1.32. The van der Waals surface area contributed by atoms with E-state index in [1.54, 1.807) is 54.6 Å². The summed E-state index contributed by atoms with van der Waals surface area (Å²) in [5.41, 5.74) is 3.81. The van der Waals surface area contributed by atoms with E-state index in [0.717, 1.165) is 22.3 Å². The Balaban J connectivity index is 0.00000451. The van der Waals surface area contributed by atoms with E-state index >= 15 is 0 Å². The van der Waals surface area contributed by atoms with Gasteiger partial charge < -0.3 is 10.6 Å². The number of rotatable bonds is 10. The zero-order chi connectivity index (χ0) is 32.9. The van der Waals surface area contributed by atoms with E-state index in [-0.39, 0.29) is 34.7 Å². The van der Waals surface area contributed by atoms with Crippen molar-refractivity contribution in [2.24, 2.45) is 0 Å². The van der Waals surface area contributed by atoms with Crippen LogP contribution in [0.15, 0.2) is 113 Å². The van der Waals surface area contributed by atoms with Crippen LogP contribution in [0, 0.1) is 11.6 Å². The normalized spacial score (nSPS) is 10.9. The molecule has 246 valence electrons. The maximum atomic E-state index is 15.0. The van der Waals surface area contributed by atoms with Gasteiger partial charge in [-0.05, 0) is 53.1 Å². The molecule has 0 aliphatic rings. The summed E-state index contributed by atoms with van der Waals surface area (Å²) in [5.74, 6) is -1.60. The van der Waals surface area contributed by atoms with Gasteiger partial charge in [0, 0.05) is 29.2 Å². The van der Waals surface area contributed by atoms with Crippen LogP contribution in [-0.2, 0) is 24.5 Å². The molecule has 0 saturated heterocycles. The number of nitrogens with one attached hydrogen (secondary N) is 3. The number of hydroxylamine groups is 1. The molecule has 0 spiro atoms. The van der Waals surface area contributed by atoms with Crippen molar-refractivity contribution in [2.45, 2.75) is 19.6 Å². The van der Waals surface area contributed by atoms with E-state index in [1.165, 1.54) is 29.1 Å². The first-order chi connectivity index (χ1) is 22.9. The second-order valence-electron chi connectivity index (χ2n) is 10.6. The van der Waals surface area contributed by atoms with Gasteiger partial charge in [-0.15, -0.1) is 23.7 Å². The molecule has 2 amide bonds. The summed E-state index contributed by atoms with van der Waals surface area (Å²) in [5, 5.41) is 6.33. The van der Waals surface area contributed by atoms with Gasteiger partial charge in [-0.2, -0.15) is 0 Å². The Morgan fingerprint density at radius 1 is 0.812 bits per heavy atom. The van der Waals surface area contributed by atoms with Crippen LogP contribution in [0.5, 0.6) is 0 Å². The number of hydrogen-bond donors (Lipinski definition) is 3. The topological polar surface area (TPSA) is 106 Å². The van der Waals surface area contributed by atoms with E-state index in [9.17, 15) is 23.2 Å². The Labute approximate surface area is 283 Å². The molecular weight excluding hydrogens is 660 g/mol. The van der Waals surface area contributed by atoms with Crippen LogP contribution in [0.1, 0.15) is 16.7 Å². The van der Waals surface area contributed by atoms with Crippen LogP contribution in [0.4, 0.5) is 19.3 Å². The molecular formula is C35H30ClF2N5O4S. The van der Waals surface area contributed by atoms with Crippen molar-refractivity contribution in [1.29, 1.82) is 0 Å². The third kappa shape index (κ3) is 7.06. The Hall–Kier alpha value is -5.14. The van der Waals surface area contributed by atoms with E-state index < -0.39 is 35.5 Å². The van der Waals surface area contributed by atoms with Crippen LogP contribution in [0.25, 0.3) is 26.3 Å². The summed E-state index contributed by atoms with van der Waals surface area (Å²) >= 11 is 1.19. The number of para-hydroxylation sites is 1. The van der Waals surface area contributed by atoms with Gasteiger partial charge in [-0.3, -0.25) is 14.2 Å². The number of nitrogens with zero attached hydrogens (tertiary/aromatic N) is 2. The maximum absolute atomic E-state index is 15.0. The lowest BCUT2D eigenvalue weighted by Crippen LogP contribution is -2.39. The van der Waals surface area contributed by atoms with Gasteiger partial charge in [0.2, 0.25) is 0 Å². The first-order valence-corrected chi connectivity index (χ1v) is 15.4. The maximum Gasteiger partial charge on any atom is 0.343 e. The minimum atomic E-state index is -0.801. The number of amides is 2. The number of benzene rings is 4. The van der Waals surface area contributed by atoms with Crippen molar-refractivity contribution >= 4 is 45.7 Å². The van der Waals surface area contributed by atoms with Crippen LogP contribution in [0.3, 0.4) is 0 Å². The lowest BCUT2D eigenvalue weighted by Gasteiger charge is -2.14. The van der Waals surface area contributed by atoms with Crippen LogP contribution >= 0.6 is 23.7 Å². The van der Waals surface area contributed by atoms with E-state index in [4.69, 9.17) is 0 Å². The molecule has 0 fully saturated rings. The van der Waals surface area contributed by atoms with E-state index in [1.807, 2.05) is 30.3 Å². The van der Waals surface area contributed by atoms with Gasteiger partial charge >= 0.3 is 11.7 Å². The number of anilines is 1. The molecule has 2 heterocycles. The first-order valence-electron chi connectivity index (χ1n) is 14.6. The third-order valence-corrected chi connectivity index (χ3v) is 8.84. The summed E-state index contributed by atoms with van der Waals surface area (Å²) in [4.78, 5) is 46.0. The molecule has 2 aromatic heterocycles. The zero-order valence-electron chi connectivity index (χ0n) is 25.5. The number of fused-ring (bicyclic) bond motifs is 1. The van der Waals surface area contributed by atoms with Crippen LogP contribution < -0.4 is 27.4 Å². The molecule has 0 bridgehead atoms. The number of aromatic nitrogens is 2. The van der Waals surface area contributed by atoms with Crippen molar-refractivity contribution in [3.05, 3.63) is 152 Å². The monoisotopic (exact) mass is 689 g/mol. The summed E-state index contributed by atoms with van der Waals surface area (Å²) in [6.45, 7) is 0.314. The molecule has 0 saturated carbocycles. The molecule has 3 N–H and O–H groups in total. The van der Waals surface area contributed by atoms with Gasteiger partial charge in [0.25, 0.3) is 5.56 Å². The lowest BCUT2D eigenvalue weighted by atomic mass is 10.1. The number of carbonyl (C=O) groups excluding carboxylic acids is 1. The Morgan fingerprint density at radius 3 is 2.10 bits per heavy atom. The van der Waals surface area contributed by atoms with Gasteiger partial charge in [-0.1, -0.05) is 66.7 Å². The van der Waals surface area contributed by atoms with Crippen molar-refractivity contribution in [1.82, 2.24) is 19.9 Å². The summed E-state index contributed by atoms with van der Waals surface area (Å²) < 4.78 is 32.2. The fourth-order valence-corrected chi connectivity index (χ4v) is 6.65. The first kappa shape index (κ1) is 34.2. The highest BCUT2D eigenvalue weighted by atomic mass is 35.5. The minimum Gasteiger partial charge on any atom is -0.309 e. The predicted molar refractivity (Wildman–Crippen MR) is 186 cm³/mol. The number of hydrogen-bond acceptors (Lipinski definition) is 6. The average Bonchev–Trinajstić information content (AvgIpc) is 3.45. The van der Waals surface area contributed by atoms with Gasteiger partial charge in [0.1, 0.15) is 16.5 Å². The molecule has 0 radical (unpaired) electrons. The largest absolute Gasteiger partial charge is 0.343 e. The summed E-state index contributed by atoms with van der Waals surface area (Å²) in [6.07, 6.45) is 0. The number of carbonyl (C=O) groups is 1. The highest BCUT2D eigenvalue weighted by molar-refractivity contribution is 7.22. The lowest BCUT2D eigenvalue weighted by molar-refractivity contribution is 0.114. The van der Waals surface area contributed by atoms with Crippen molar-refractivity contribution in [2.75, 3.05) is 12.4 Å². The number of halogens is 3. The molecule has 0 aliphatic carbocycles. The molecule has 6 rings (SSSR count). The number of thiophene rings is 1. The molecule has 13 heteroatoms. The molecule has 0 unspecified atom stereocenters. The SMILES string of the molecule is CONC(=O)Nc1ccc(-c2sc3c(c2CNCc2ccccc2)c(=O)n(-c2ccccc2)c(=O)n3Cc2c(F)cccc2F)cc1.Cl. The molecule has 9 nitrogen and oxygen atoms in total. The molecule has 4 aromatic carbocycles. The summed E-state index contributed by atoms with van der Waals surface area (Å²) in [6, 6.07) is 28.1.